The van der Waals surface area contributed by atoms with Crippen LogP contribution in [0.25, 0.3) is 0 Å². The number of fused-ring (bicyclic) bond motifs is 1. The Hall–Kier alpha value is -2.58. The molecule has 5 rings (SSSR count). The molecule has 4 unspecified atom stereocenters. The van der Waals surface area contributed by atoms with E-state index in [2.05, 4.69) is 11.8 Å². The molecule has 35 heavy (non-hydrogen) atoms. The minimum atomic E-state index is -0.492. The highest BCUT2D eigenvalue weighted by atomic mass is 16.5. The molecule has 1 saturated heterocycles. The summed E-state index contributed by atoms with van der Waals surface area (Å²) in [6.07, 6.45) is 2.44. The van der Waals surface area contributed by atoms with Crippen molar-refractivity contribution in [2.24, 2.45) is 11.8 Å². The molecule has 1 aromatic carbocycles. The Morgan fingerprint density at radius 3 is 2.63 bits per heavy atom. The average molecular weight is 485 g/mol. The number of ether oxygens (including phenoxy) is 4. The molecule has 2 fully saturated rings. The number of carbonyl (C=O) groups excluding carboxylic acids is 2. The number of ketones is 1. The summed E-state index contributed by atoms with van der Waals surface area (Å²) in [6.45, 7) is 8.95. The van der Waals surface area contributed by atoms with Gasteiger partial charge in [0.25, 0.3) is 5.91 Å². The lowest BCUT2D eigenvalue weighted by molar-refractivity contribution is -0.136. The molecule has 8 nitrogen and oxygen atoms in total. The predicted molar refractivity (Wildman–Crippen MR) is 129 cm³/mol. The van der Waals surface area contributed by atoms with Gasteiger partial charge in [-0.15, -0.1) is 0 Å². The Morgan fingerprint density at radius 1 is 1.09 bits per heavy atom. The number of benzene rings is 1. The van der Waals surface area contributed by atoms with Crippen LogP contribution in [0.3, 0.4) is 0 Å². The molecular weight excluding hydrogens is 448 g/mol. The molecule has 8 heteroatoms. The first-order valence-electron chi connectivity index (χ1n) is 12.9. The van der Waals surface area contributed by atoms with Gasteiger partial charge in [-0.2, -0.15) is 0 Å². The number of methoxy groups -OCH3 is 1. The third-order valence-electron chi connectivity index (χ3n) is 7.77. The Morgan fingerprint density at radius 2 is 1.89 bits per heavy atom. The van der Waals surface area contributed by atoms with Gasteiger partial charge in [0, 0.05) is 26.2 Å². The highest BCUT2D eigenvalue weighted by Crippen LogP contribution is 2.48. The van der Waals surface area contributed by atoms with Gasteiger partial charge in [0.15, 0.2) is 23.0 Å². The molecule has 0 radical (unpaired) electrons. The van der Waals surface area contributed by atoms with Crippen LogP contribution < -0.4 is 9.47 Å². The van der Waals surface area contributed by atoms with E-state index in [-0.39, 0.29) is 29.5 Å². The van der Waals surface area contributed by atoms with Crippen molar-refractivity contribution >= 4 is 11.7 Å². The number of morpholine rings is 1. The molecule has 1 aromatic rings. The fourth-order valence-electron chi connectivity index (χ4n) is 5.90. The zero-order valence-electron chi connectivity index (χ0n) is 21.0. The van der Waals surface area contributed by atoms with Gasteiger partial charge >= 0.3 is 0 Å². The van der Waals surface area contributed by atoms with Crippen molar-refractivity contribution in [2.75, 3.05) is 53.1 Å². The molecule has 190 valence electrons. The summed E-state index contributed by atoms with van der Waals surface area (Å²) >= 11 is 0. The summed E-state index contributed by atoms with van der Waals surface area (Å²) in [6, 6.07) is 5.20. The van der Waals surface area contributed by atoms with E-state index in [4.69, 9.17) is 18.9 Å². The van der Waals surface area contributed by atoms with Crippen molar-refractivity contribution in [3.63, 3.8) is 0 Å². The van der Waals surface area contributed by atoms with Crippen LogP contribution in [-0.4, -0.2) is 80.7 Å². The van der Waals surface area contributed by atoms with E-state index in [0.29, 0.717) is 49.4 Å². The summed E-state index contributed by atoms with van der Waals surface area (Å²) in [5.74, 6) is 1.67. The lowest BCUT2D eigenvalue weighted by Gasteiger charge is -2.37. The summed E-state index contributed by atoms with van der Waals surface area (Å²) in [7, 11) is 1.60. The maximum Gasteiger partial charge on any atom is 0.290 e. The highest BCUT2D eigenvalue weighted by Gasteiger charge is 2.52. The van der Waals surface area contributed by atoms with Crippen molar-refractivity contribution in [1.29, 1.82) is 0 Å². The monoisotopic (exact) mass is 484 g/mol. The first-order chi connectivity index (χ1) is 17.0. The van der Waals surface area contributed by atoms with Gasteiger partial charge in [0.1, 0.15) is 6.10 Å². The molecule has 1 saturated carbocycles. The van der Waals surface area contributed by atoms with Crippen molar-refractivity contribution in [2.45, 2.75) is 45.3 Å². The van der Waals surface area contributed by atoms with E-state index in [1.54, 1.807) is 7.11 Å². The zero-order chi connectivity index (χ0) is 24.5. The second kappa shape index (κ2) is 10.2. The molecule has 0 spiro atoms. The van der Waals surface area contributed by atoms with Crippen LogP contribution in [0.5, 0.6) is 11.5 Å². The number of nitrogens with zero attached hydrogens (tertiary/aromatic N) is 2. The van der Waals surface area contributed by atoms with Crippen molar-refractivity contribution in [3.05, 3.63) is 35.1 Å². The van der Waals surface area contributed by atoms with Crippen molar-refractivity contribution in [3.8, 4) is 11.5 Å². The fourth-order valence-corrected chi connectivity index (χ4v) is 5.90. The highest BCUT2D eigenvalue weighted by molar-refractivity contribution is 6.11. The van der Waals surface area contributed by atoms with Crippen LogP contribution >= 0.6 is 0 Å². The Kier molecular flexibility index (Phi) is 7.02. The van der Waals surface area contributed by atoms with Crippen LogP contribution in [0.2, 0.25) is 0 Å². The van der Waals surface area contributed by atoms with Gasteiger partial charge < -0.3 is 23.8 Å². The molecule has 0 bridgehead atoms. The molecule has 3 aliphatic heterocycles. The summed E-state index contributed by atoms with van der Waals surface area (Å²) < 4.78 is 23.1. The van der Waals surface area contributed by atoms with Gasteiger partial charge in [-0.1, -0.05) is 13.0 Å². The quantitative estimate of drug-likeness (QED) is 0.589. The molecule has 1 amide bonds. The van der Waals surface area contributed by atoms with Crippen LogP contribution in [0.15, 0.2) is 29.5 Å². The molecule has 3 heterocycles. The molecule has 4 aliphatic rings. The lowest BCUT2D eigenvalue weighted by atomic mass is 9.74. The number of carbonyl (C=O) groups is 2. The Balaban J connectivity index is 1.50. The van der Waals surface area contributed by atoms with Crippen LogP contribution in [0, 0.1) is 11.8 Å². The minimum Gasteiger partial charge on any atom is -0.493 e. The first-order valence-corrected chi connectivity index (χ1v) is 12.9. The SMILES string of the molecule is CCOc1ccc(C2C3=C(OC4CCC(C)CC4C3=O)C(=O)N2CCN2CCOCC2)cc1OC. The van der Waals surface area contributed by atoms with Crippen molar-refractivity contribution < 1.29 is 28.5 Å². The number of Topliss-reactive ketones (excluding diaryl/α,β-unsaturated/α-hetero) is 1. The third-order valence-corrected chi connectivity index (χ3v) is 7.77. The number of rotatable bonds is 7. The van der Waals surface area contributed by atoms with E-state index in [1.165, 1.54) is 0 Å². The van der Waals surface area contributed by atoms with E-state index >= 15 is 0 Å². The molecule has 1 aliphatic carbocycles. The first kappa shape index (κ1) is 24.1. The van der Waals surface area contributed by atoms with E-state index < -0.39 is 6.04 Å². The fraction of sp³-hybridized carbons (Fsp3) is 0.630. The van der Waals surface area contributed by atoms with E-state index in [1.807, 2.05) is 30.0 Å². The van der Waals surface area contributed by atoms with Gasteiger partial charge in [0.2, 0.25) is 0 Å². The predicted octanol–water partition coefficient (Wildman–Crippen LogP) is 2.97. The Labute approximate surface area is 207 Å². The van der Waals surface area contributed by atoms with E-state index in [0.717, 1.165) is 44.5 Å². The second-order valence-corrected chi connectivity index (χ2v) is 9.99. The van der Waals surface area contributed by atoms with Crippen LogP contribution in [0.1, 0.15) is 44.7 Å². The number of hydrogen-bond donors (Lipinski definition) is 0. The van der Waals surface area contributed by atoms with E-state index in [9.17, 15) is 9.59 Å². The molecule has 4 atom stereocenters. The normalized spacial score (nSPS) is 29.1. The lowest BCUT2D eigenvalue weighted by Crippen LogP contribution is -2.43. The second-order valence-electron chi connectivity index (χ2n) is 9.99. The average Bonchev–Trinajstić information content (AvgIpc) is 3.16. The Bertz CT molecular complexity index is 1000. The number of hydrogen-bond acceptors (Lipinski definition) is 7. The summed E-state index contributed by atoms with van der Waals surface area (Å²) in [5.41, 5.74) is 1.35. The van der Waals surface area contributed by atoms with Gasteiger partial charge in [-0.3, -0.25) is 14.5 Å². The zero-order valence-corrected chi connectivity index (χ0v) is 21.0. The summed E-state index contributed by atoms with van der Waals surface area (Å²) in [4.78, 5) is 31.7. The van der Waals surface area contributed by atoms with Gasteiger partial charge in [0.05, 0.1) is 44.5 Å². The minimum absolute atomic E-state index is 0.0721. The topological polar surface area (TPSA) is 77.5 Å². The van der Waals surface area contributed by atoms with Gasteiger partial charge in [-0.05, 0) is 49.8 Å². The van der Waals surface area contributed by atoms with Crippen LogP contribution in [-0.2, 0) is 19.1 Å². The third kappa shape index (κ3) is 4.54. The van der Waals surface area contributed by atoms with Crippen LogP contribution in [0.4, 0.5) is 0 Å². The maximum atomic E-state index is 13.9. The largest absolute Gasteiger partial charge is 0.493 e. The number of amides is 1. The standard InChI is InChI=1S/C27H36N2O6/c1-4-34-21-8-6-18(16-22(21)32-3)24-23-25(30)19-15-17(2)5-7-20(19)35-26(23)27(31)29(24)10-9-28-11-13-33-14-12-28/h6,8,16-17,19-20,24H,4-5,7,9-15H2,1-3H3. The summed E-state index contributed by atoms with van der Waals surface area (Å²) in [5, 5.41) is 0. The smallest absolute Gasteiger partial charge is 0.290 e. The molecule has 0 aromatic heterocycles. The maximum absolute atomic E-state index is 13.9. The molecular formula is C27H36N2O6. The molecule has 0 N–H and O–H groups in total. The van der Waals surface area contributed by atoms with Gasteiger partial charge in [-0.25, -0.2) is 0 Å². The van der Waals surface area contributed by atoms with Crippen molar-refractivity contribution in [1.82, 2.24) is 9.80 Å².